The molecule has 1 saturated heterocycles. The standard InChI is InChI=1S/C20H22N2O5S/c1-21(12-17-4-3-11-28-17)19(24)13-27-20(25)14-26-16-8-6-15(7-9-16)22-10-2-5-18(22)23/h3-4,6-9,11H,2,5,10,12-14H2,1H3. The van der Waals surface area contributed by atoms with Gasteiger partial charge >= 0.3 is 5.97 Å². The Labute approximate surface area is 167 Å². The summed E-state index contributed by atoms with van der Waals surface area (Å²) in [5, 5.41) is 1.94. The van der Waals surface area contributed by atoms with Crippen molar-refractivity contribution in [2.45, 2.75) is 19.4 Å². The van der Waals surface area contributed by atoms with E-state index in [-0.39, 0.29) is 25.0 Å². The zero-order chi connectivity index (χ0) is 19.9. The minimum Gasteiger partial charge on any atom is -0.482 e. The van der Waals surface area contributed by atoms with Gasteiger partial charge in [0.05, 0.1) is 6.54 Å². The molecule has 28 heavy (non-hydrogen) atoms. The van der Waals surface area contributed by atoms with Gasteiger partial charge in [-0.3, -0.25) is 9.59 Å². The Hall–Kier alpha value is -2.87. The third-order valence-corrected chi connectivity index (χ3v) is 5.20. The average Bonchev–Trinajstić information content (AvgIpc) is 3.36. The minimum atomic E-state index is -0.614. The molecule has 8 heteroatoms. The first-order valence-corrected chi connectivity index (χ1v) is 9.86. The second-order valence-electron chi connectivity index (χ2n) is 6.42. The fourth-order valence-corrected chi connectivity index (χ4v) is 3.56. The van der Waals surface area contributed by atoms with Crippen LogP contribution in [-0.4, -0.2) is 49.5 Å². The molecule has 1 aromatic heterocycles. The van der Waals surface area contributed by atoms with Crippen LogP contribution in [0.15, 0.2) is 41.8 Å². The number of rotatable bonds is 8. The molecule has 7 nitrogen and oxygen atoms in total. The van der Waals surface area contributed by atoms with Gasteiger partial charge in [-0.05, 0) is 42.1 Å². The van der Waals surface area contributed by atoms with Gasteiger partial charge in [0.2, 0.25) is 5.91 Å². The molecule has 3 rings (SSSR count). The maximum Gasteiger partial charge on any atom is 0.344 e. The van der Waals surface area contributed by atoms with Gasteiger partial charge in [0, 0.05) is 30.6 Å². The molecule has 2 aromatic rings. The van der Waals surface area contributed by atoms with Crippen molar-refractivity contribution in [1.29, 1.82) is 0 Å². The molecule has 0 saturated carbocycles. The lowest BCUT2D eigenvalue weighted by molar-refractivity contribution is -0.153. The number of hydrogen-bond acceptors (Lipinski definition) is 6. The van der Waals surface area contributed by atoms with E-state index in [9.17, 15) is 14.4 Å². The molecule has 148 valence electrons. The van der Waals surface area contributed by atoms with Crippen LogP contribution in [0.2, 0.25) is 0 Å². The summed E-state index contributed by atoms with van der Waals surface area (Å²) >= 11 is 1.56. The number of benzene rings is 1. The zero-order valence-corrected chi connectivity index (χ0v) is 16.4. The highest BCUT2D eigenvalue weighted by Crippen LogP contribution is 2.23. The van der Waals surface area contributed by atoms with Crippen molar-refractivity contribution in [2.75, 3.05) is 31.7 Å². The van der Waals surface area contributed by atoms with Crippen molar-refractivity contribution in [3.8, 4) is 5.75 Å². The van der Waals surface area contributed by atoms with E-state index in [1.165, 1.54) is 4.90 Å². The van der Waals surface area contributed by atoms with Crippen molar-refractivity contribution < 1.29 is 23.9 Å². The summed E-state index contributed by atoms with van der Waals surface area (Å²) in [5.41, 5.74) is 0.816. The zero-order valence-electron chi connectivity index (χ0n) is 15.6. The number of thiophene rings is 1. The van der Waals surface area contributed by atoms with Crippen molar-refractivity contribution >= 4 is 34.8 Å². The number of carbonyl (C=O) groups is 3. The van der Waals surface area contributed by atoms with Crippen LogP contribution in [0.4, 0.5) is 5.69 Å². The van der Waals surface area contributed by atoms with Crippen LogP contribution in [0, 0.1) is 0 Å². The molecule has 1 aliphatic rings. The van der Waals surface area contributed by atoms with E-state index in [1.54, 1.807) is 47.5 Å². The van der Waals surface area contributed by atoms with Gasteiger partial charge in [0.15, 0.2) is 13.2 Å². The monoisotopic (exact) mass is 402 g/mol. The number of likely N-dealkylation sites (N-methyl/N-ethyl adjacent to an activating group) is 1. The maximum absolute atomic E-state index is 12.0. The molecular weight excluding hydrogens is 380 g/mol. The molecular formula is C20H22N2O5S. The van der Waals surface area contributed by atoms with Crippen LogP contribution in [0.3, 0.4) is 0 Å². The van der Waals surface area contributed by atoms with Crippen LogP contribution >= 0.6 is 11.3 Å². The van der Waals surface area contributed by atoms with Crippen LogP contribution in [0.1, 0.15) is 17.7 Å². The summed E-state index contributed by atoms with van der Waals surface area (Å²) in [6.45, 7) is 0.598. The van der Waals surface area contributed by atoms with Gasteiger partial charge in [-0.1, -0.05) is 6.07 Å². The van der Waals surface area contributed by atoms with Crippen molar-refractivity contribution in [3.05, 3.63) is 46.7 Å². The Morgan fingerprint density at radius 2 is 1.96 bits per heavy atom. The van der Waals surface area contributed by atoms with Gasteiger partial charge < -0.3 is 19.3 Å². The molecule has 0 atom stereocenters. The number of ether oxygens (including phenoxy) is 2. The minimum absolute atomic E-state index is 0.117. The summed E-state index contributed by atoms with van der Waals surface area (Å²) in [6.07, 6.45) is 1.44. The van der Waals surface area contributed by atoms with Gasteiger partial charge in [-0.2, -0.15) is 0 Å². The molecule has 0 radical (unpaired) electrons. The van der Waals surface area contributed by atoms with E-state index in [0.717, 1.165) is 23.5 Å². The lowest BCUT2D eigenvalue weighted by atomic mass is 10.3. The Kier molecular flexibility index (Phi) is 6.65. The lowest BCUT2D eigenvalue weighted by Crippen LogP contribution is -2.31. The van der Waals surface area contributed by atoms with Crippen LogP contribution < -0.4 is 9.64 Å². The van der Waals surface area contributed by atoms with Crippen LogP contribution in [0.5, 0.6) is 5.75 Å². The van der Waals surface area contributed by atoms with E-state index in [0.29, 0.717) is 18.7 Å². The van der Waals surface area contributed by atoms with E-state index >= 15 is 0 Å². The molecule has 1 aromatic carbocycles. The molecule has 0 spiro atoms. The predicted octanol–water partition coefficient (Wildman–Crippen LogP) is 2.46. The SMILES string of the molecule is CN(Cc1cccs1)C(=O)COC(=O)COc1ccc(N2CCCC2=O)cc1. The molecule has 0 bridgehead atoms. The molecule has 0 unspecified atom stereocenters. The molecule has 0 N–H and O–H groups in total. The highest BCUT2D eigenvalue weighted by molar-refractivity contribution is 7.09. The largest absolute Gasteiger partial charge is 0.482 e. The number of hydrogen-bond donors (Lipinski definition) is 0. The van der Waals surface area contributed by atoms with Gasteiger partial charge in [0.1, 0.15) is 5.75 Å². The Morgan fingerprint density at radius 3 is 2.61 bits per heavy atom. The quantitative estimate of drug-likeness (QED) is 0.634. The molecule has 0 aliphatic carbocycles. The van der Waals surface area contributed by atoms with Gasteiger partial charge in [-0.25, -0.2) is 4.79 Å². The second kappa shape index (κ2) is 9.36. The normalized spacial score (nSPS) is 13.5. The van der Waals surface area contributed by atoms with Crippen molar-refractivity contribution in [2.24, 2.45) is 0 Å². The van der Waals surface area contributed by atoms with Gasteiger partial charge in [0.25, 0.3) is 5.91 Å². The first kappa shape index (κ1) is 19.9. The Balaban J connectivity index is 1.39. The number of amides is 2. The first-order valence-electron chi connectivity index (χ1n) is 8.98. The fraction of sp³-hybridized carbons (Fsp3) is 0.350. The van der Waals surface area contributed by atoms with Crippen LogP contribution in [0.25, 0.3) is 0 Å². The van der Waals surface area contributed by atoms with E-state index in [1.807, 2.05) is 17.5 Å². The average molecular weight is 402 g/mol. The Bertz CT molecular complexity index is 820. The summed E-state index contributed by atoms with van der Waals surface area (Å²) in [5.74, 6) is -0.280. The number of esters is 1. The summed E-state index contributed by atoms with van der Waals surface area (Å²) in [6, 6.07) is 10.8. The third-order valence-electron chi connectivity index (χ3n) is 4.33. The topological polar surface area (TPSA) is 76.2 Å². The molecule has 2 heterocycles. The third kappa shape index (κ3) is 5.32. The molecule has 2 amide bonds. The van der Waals surface area contributed by atoms with E-state index in [4.69, 9.17) is 9.47 Å². The van der Waals surface area contributed by atoms with Crippen LogP contribution in [-0.2, 0) is 25.7 Å². The fourth-order valence-electron chi connectivity index (χ4n) is 2.80. The highest BCUT2D eigenvalue weighted by Gasteiger charge is 2.21. The lowest BCUT2D eigenvalue weighted by Gasteiger charge is -2.16. The second-order valence-corrected chi connectivity index (χ2v) is 7.45. The smallest absolute Gasteiger partial charge is 0.344 e. The van der Waals surface area contributed by atoms with E-state index in [2.05, 4.69) is 0 Å². The molecule has 1 aliphatic heterocycles. The highest BCUT2D eigenvalue weighted by atomic mass is 32.1. The summed E-state index contributed by atoms with van der Waals surface area (Å²) < 4.78 is 10.4. The van der Waals surface area contributed by atoms with Crippen molar-refractivity contribution in [3.63, 3.8) is 0 Å². The van der Waals surface area contributed by atoms with E-state index < -0.39 is 5.97 Å². The van der Waals surface area contributed by atoms with Gasteiger partial charge in [-0.15, -0.1) is 11.3 Å². The maximum atomic E-state index is 12.0. The van der Waals surface area contributed by atoms with Crippen molar-refractivity contribution in [1.82, 2.24) is 4.90 Å². The summed E-state index contributed by atoms with van der Waals surface area (Å²) in [4.78, 5) is 39.9. The number of carbonyl (C=O) groups excluding carboxylic acids is 3. The summed E-state index contributed by atoms with van der Waals surface area (Å²) in [7, 11) is 1.67. The number of nitrogens with zero attached hydrogens (tertiary/aromatic N) is 2. The first-order chi connectivity index (χ1) is 13.5. The molecule has 1 fully saturated rings. The number of anilines is 1. The Morgan fingerprint density at radius 1 is 1.18 bits per heavy atom. The predicted molar refractivity (Wildman–Crippen MR) is 105 cm³/mol.